The summed E-state index contributed by atoms with van der Waals surface area (Å²) in [5.41, 5.74) is 5.95. The van der Waals surface area contributed by atoms with Crippen LogP contribution in [0.4, 0.5) is 0 Å². The van der Waals surface area contributed by atoms with Gasteiger partial charge in [-0.3, -0.25) is 4.90 Å². The van der Waals surface area contributed by atoms with Gasteiger partial charge >= 0.3 is 0 Å². The second kappa shape index (κ2) is 7.34. The lowest BCUT2D eigenvalue weighted by Gasteiger charge is -2.43. The smallest absolute Gasteiger partial charge is 0.0589 e. The van der Waals surface area contributed by atoms with Crippen LogP contribution < -0.4 is 5.73 Å². The number of methoxy groups -OCH3 is 1. The minimum Gasteiger partial charge on any atom is -0.383 e. The second-order valence-corrected chi connectivity index (χ2v) is 5.81. The van der Waals surface area contributed by atoms with Gasteiger partial charge in [0, 0.05) is 25.7 Å². The molecule has 3 unspecified atom stereocenters. The summed E-state index contributed by atoms with van der Waals surface area (Å²) in [5, 5.41) is 0. The fourth-order valence-corrected chi connectivity index (χ4v) is 3.10. The monoisotopic (exact) mass is 242 g/mol. The molecular formula is C14H30N2O. The molecule has 0 aromatic heterocycles. The Morgan fingerprint density at radius 2 is 2.06 bits per heavy atom. The summed E-state index contributed by atoms with van der Waals surface area (Å²) in [5.74, 6) is 1.51. The van der Waals surface area contributed by atoms with Crippen LogP contribution in [0.5, 0.6) is 0 Å². The van der Waals surface area contributed by atoms with Gasteiger partial charge in [0.25, 0.3) is 0 Å². The normalized spacial score (nSPS) is 30.2. The molecule has 1 aliphatic rings. The molecule has 0 bridgehead atoms. The van der Waals surface area contributed by atoms with Crippen molar-refractivity contribution in [3.63, 3.8) is 0 Å². The van der Waals surface area contributed by atoms with Crippen LogP contribution in [-0.4, -0.2) is 43.8 Å². The van der Waals surface area contributed by atoms with Gasteiger partial charge in [0.2, 0.25) is 0 Å². The van der Waals surface area contributed by atoms with E-state index >= 15 is 0 Å². The lowest BCUT2D eigenvalue weighted by molar-refractivity contribution is 0.0383. The maximum Gasteiger partial charge on any atom is 0.0589 e. The van der Waals surface area contributed by atoms with Gasteiger partial charge in [0.1, 0.15) is 0 Å². The van der Waals surface area contributed by atoms with Crippen LogP contribution >= 0.6 is 0 Å². The third kappa shape index (κ3) is 4.23. The number of hydrogen-bond acceptors (Lipinski definition) is 3. The van der Waals surface area contributed by atoms with Crippen LogP contribution in [0.25, 0.3) is 0 Å². The maximum atomic E-state index is 5.95. The Morgan fingerprint density at radius 1 is 1.35 bits per heavy atom. The number of rotatable bonds is 6. The van der Waals surface area contributed by atoms with Crippen LogP contribution in [0.15, 0.2) is 0 Å². The van der Waals surface area contributed by atoms with Crippen molar-refractivity contribution < 1.29 is 4.74 Å². The highest BCUT2D eigenvalue weighted by atomic mass is 16.5. The minimum absolute atomic E-state index is 0.578. The molecule has 2 N–H and O–H groups in total. The highest BCUT2D eigenvalue weighted by Crippen LogP contribution is 2.32. The molecular weight excluding hydrogens is 212 g/mol. The summed E-state index contributed by atoms with van der Waals surface area (Å²) in [6, 6.07) is 1.23. The molecule has 17 heavy (non-hydrogen) atoms. The van der Waals surface area contributed by atoms with E-state index in [0.717, 1.165) is 25.6 Å². The van der Waals surface area contributed by atoms with Crippen LogP contribution in [0.1, 0.15) is 40.0 Å². The second-order valence-electron chi connectivity index (χ2n) is 5.81. The van der Waals surface area contributed by atoms with Crippen LogP contribution in [0.2, 0.25) is 0 Å². The summed E-state index contributed by atoms with van der Waals surface area (Å²) < 4.78 is 5.24. The molecule has 0 saturated heterocycles. The molecule has 0 heterocycles. The highest BCUT2D eigenvalue weighted by Gasteiger charge is 2.32. The standard InChI is InChI=1S/C14H30N2O/c1-11(2)16(7-8-17-4)14-9-12(3)5-6-13(14)10-15/h11-14H,5-10,15H2,1-4H3. The molecule has 0 aromatic carbocycles. The van der Waals surface area contributed by atoms with Crippen molar-refractivity contribution >= 4 is 0 Å². The summed E-state index contributed by atoms with van der Waals surface area (Å²) in [7, 11) is 1.78. The van der Waals surface area contributed by atoms with Gasteiger partial charge in [-0.1, -0.05) is 13.3 Å². The summed E-state index contributed by atoms with van der Waals surface area (Å²) in [6.07, 6.45) is 3.93. The van der Waals surface area contributed by atoms with Crippen molar-refractivity contribution in [1.82, 2.24) is 4.90 Å². The molecule has 3 heteroatoms. The minimum atomic E-state index is 0.578. The Balaban J connectivity index is 2.66. The van der Waals surface area contributed by atoms with E-state index in [1.54, 1.807) is 7.11 Å². The maximum absolute atomic E-state index is 5.95. The van der Waals surface area contributed by atoms with E-state index in [2.05, 4.69) is 25.7 Å². The molecule has 0 amide bonds. The van der Waals surface area contributed by atoms with Crippen LogP contribution in [0.3, 0.4) is 0 Å². The number of nitrogens with zero attached hydrogens (tertiary/aromatic N) is 1. The van der Waals surface area contributed by atoms with E-state index in [4.69, 9.17) is 10.5 Å². The quantitative estimate of drug-likeness (QED) is 0.775. The Morgan fingerprint density at radius 3 is 2.59 bits per heavy atom. The molecule has 0 aliphatic heterocycles. The van der Waals surface area contributed by atoms with E-state index in [-0.39, 0.29) is 0 Å². The first-order valence-corrected chi connectivity index (χ1v) is 7.04. The predicted octanol–water partition coefficient (Wildman–Crippen LogP) is 2.11. The average molecular weight is 242 g/mol. The topological polar surface area (TPSA) is 38.5 Å². The summed E-state index contributed by atoms with van der Waals surface area (Å²) >= 11 is 0. The van der Waals surface area contributed by atoms with Crippen molar-refractivity contribution in [2.75, 3.05) is 26.8 Å². The first-order valence-electron chi connectivity index (χ1n) is 7.04. The summed E-state index contributed by atoms with van der Waals surface area (Å²) in [4.78, 5) is 2.59. The fourth-order valence-electron chi connectivity index (χ4n) is 3.10. The van der Waals surface area contributed by atoms with E-state index in [0.29, 0.717) is 18.0 Å². The molecule has 102 valence electrons. The lowest BCUT2D eigenvalue weighted by atomic mass is 9.78. The SMILES string of the molecule is COCCN(C(C)C)C1CC(C)CCC1CN. The first kappa shape index (κ1) is 14.9. The Bertz CT molecular complexity index is 208. The molecule has 1 saturated carbocycles. The Hall–Kier alpha value is -0.120. The summed E-state index contributed by atoms with van der Waals surface area (Å²) in [6.45, 7) is 9.61. The van der Waals surface area contributed by atoms with Gasteiger partial charge in [0.05, 0.1) is 6.61 Å². The van der Waals surface area contributed by atoms with Crippen molar-refractivity contribution in [3.05, 3.63) is 0 Å². The number of nitrogens with two attached hydrogens (primary N) is 1. The molecule has 3 atom stereocenters. The fraction of sp³-hybridized carbons (Fsp3) is 1.00. The molecule has 1 rings (SSSR count). The van der Waals surface area contributed by atoms with E-state index in [9.17, 15) is 0 Å². The molecule has 0 aromatic rings. The third-order valence-electron chi connectivity index (χ3n) is 4.16. The van der Waals surface area contributed by atoms with E-state index in [1.165, 1.54) is 19.3 Å². The Kier molecular flexibility index (Phi) is 6.45. The Labute approximate surface area is 107 Å². The van der Waals surface area contributed by atoms with Crippen LogP contribution in [-0.2, 0) is 4.74 Å². The molecule has 1 fully saturated rings. The van der Waals surface area contributed by atoms with Gasteiger partial charge < -0.3 is 10.5 Å². The van der Waals surface area contributed by atoms with Crippen LogP contribution in [0, 0.1) is 11.8 Å². The van der Waals surface area contributed by atoms with Gasteiger partial charge in [-0.25, -0.2) is 0 Å². The zero-order valence-corrected chi connectivity index (χ0v) is 12.0. The number of ether oxygens (including phenoxy) is 1. The zero-order chi connectivity index (χ0) is 12.8. The molecule has 3 nitrogen and oxygen atoms in total. The predicted molar refractivity (Wildman–Crippen MR) is 73.1 cm³/mol. The average Bonchev–Trinajstić information content (AvgIpc) is 2.29. The van der Waals surface area contributed by atoms with Crippen molar-refractivity contribution in [1.29, 1.82) is 0 Å². The van der Waals surface area contributed by atoms with Gasteiger partial charge in [-0.05, 0) is 45.1 Å². The van der Waals surface area contributed by atoms with Gasteiger partial charge in [-0.15, -0.1) is 0 Å². The van der Waals surface area contributed by atoms with Crippen molar-refractivity contribution in [3.8, 4) is 0 Å². The van der Waals surface area contributed by atoms with Crippen molar-refractivity contribution in [2.45, 2.75) is 52.1 Å². The molecule has 0 spiro atoms. The third-order valence-corrected chi connectivity index (χ3v) is 4.16. The molecule has 0 radical (unpaired) electrons. The highest BCUT2D eigenvalue weighted by molar-refractivity contribution is 4.87. The lowest BCUT2D eigenvalue weighted by Crippen LogP contribution is -2.50. The number of hydrogen-bond donors (Lipinski definition) is 1. The molecule has 1 aliphatic carbocycles. The van der Waals surface area contributed by atoms with Crippen molar-refractivity contribution in [2.24, 2.45) is 17.6 Å². The van der Waals surface area contributed by atoms with Gasteiger partial charge in [0.15, 0.2) is 0 Å². The van der Waals surface area contributed by atoms with Gasteiger partial charge in [-0.2, -0.15) is 0 Å². The largest absolute Gasteiger partial charge is 0.383 e. The van der Waals surface area contributed by atoms with E-state index < -0.39 is 0 Å². The zero-order valence-electron chi connectivity index (χ0n) is 12.0. The first-order chi connectivity index (χ1) is 8.10. The van der Waals surface area contributed by atoms with E-state index in [1.807, 2.05) is 0 Å².